The third kappa shape index (κ3) is 3.38. The van der Waals surface area contributed by atoms with E-state index in [0.717, 1.165) is 30.6 Å². The highest BCUT2D eigenvalue weighted by molar-refractivity contribution is 6.35. The molecule has 2 aliphatic rings. The SMILES string of the molecule is COc1cccc([C@@H]2CN(C(=O)C(=O)N3CCCCC3)C[C@H]2N)c1. The molecular formula is C18H25N3O3. The molecule has 24 heavy (non-hydrogen) atoms. The van der Waals surface area contributed by atoms with Crippen LogP contribution in [-0.2, 0) is 9.59 Å². The maximum Gasteiger partial charge on any atom is 0.312 e. The zero-order valence-corrected chi connectivity index (χ0v) is 14.1. The zero-order chi connectivity index (χ0) is 17.1. The minimum Gasteiger partial charge on any atom is -0.497 e. The Balaban J connectivity index is 1.68. The van der Waals surface area contributed by atoms with Crippen LogP contribution < -0.4 is 10.5 Å². The Kier molecular flexibility index (Phi) is 5.04. The third-order valence-electron chi connectivity index (χ3n) is 5.00. The van der Waals surface area contributed by atoms with Gasteiger partial charge < -0.3 is 20.3 Å². The number of likely N-dealkylation sites (tertiary alicyclic amines) is 2. The average Bonchev–Trinajstić information content (AvgIpc) is 3.03. The van der Waals surface area contributed by atoms with Gasteiger partial charge in [0.05, 0.1) is 7.11 Å². The van der Waals surface area contributed by atoms with Gasteiger partial charge in [0, 0.05) is 38.1 Å². The Morgan fingerprint density at radius 1 is 1.08 bits per heavy atom. The van der Waals surface area contributed by atoms with Crippen molar-refractivity contribution in [1.82, 2.24) is 9.80 Å². The van der Waals surface area contributed by atoms with E-state index in [1.165, 1.54) is 0 Å². The lowest BCUT2D eigenvalue weighted by atomic mass is 9.95. The third-order valence-corrected chi connectivity index (χ3v) is 5.00. The van der Waals surface area contributed by atoms with E-state index >= 15 is 0 Å². The van der Waals surface area contributed by atoms with E-state index in [1.807, 2.05) is 24.3 Å². The summed E-state index contributed by atoms with van der Waals surface area (Å²) in [7, 11) is 1.63. The van der Waals surface area contributed by atoms with Crippen molar-refractivity contribution in [3.05, 3.63) is 29.8 Å². The normalized spacial score (nSPS) is 24.1. The van der Waals surface area contributed by atoms with Crippen molar-refractivity contribution in [1.29, 1.82) is 0 Å². The second kappa shape index (κ2) is 7.21. The lowest BCUT2D eigenvalue weighted by Gasteiger charge is -2.27. The Hall–Kier alpha value is -2.08. The van der Waals surface area contributed by atoms with Crippen LogP contribution in [0.25, 0.3) is 0 Å². The van der Waals surface area contributed by atoms with Gasteiger partial charge >= 0.3 is 11.8 Å². The first-order chi connectivity index (χ1) is 11.6. The standard InChI is InChI=1S/C18H25N3O3/c1-24-14-7-5-6-13(10-14)15-11-21(12-16(15)19)18(23)17(22)20-8-3-2-4-9-20/h5-7,10,15-16H,2-4,8-9,11-12,19H2,1H3/t15-,16+/m0/s1. The van der Waals surface area contributed by atoms with E-state index in [2.05, 4.69) is 0 Å². The Morgan fingerprint density at radius 3 is 2.50 bits per heavy atom. The molecule has 0 saturated carbocycles. The van der Waals surface area contributed by atoms with E-state index < -0.39 is 5.91 Å². The number of hydrogen-bond donors (Lipinski definition) is 1. The first-order valence-corrected chi connectivity index (χ1v) is 8.58. The summed E-state index contributed by atoms with van der Waals surface area (Å²) >= 11 is 0. The molecule has 0 unspecified atom stereocenters. The smallest absolute Gasteiger partial charge is 0.312 e. The lowest BCUT2D eigenvalue weighted by molar-refractivity contribution is -0.151. The minimum absolute atomic E-state index is 0.0261. The molecular weight excluding hydrogens is 306 g/mol. The molecule has 0 aliphatic carbocycles. The van der Waals surface area contributed by atoms with Crippen LogP contribution in [0.3, 0.4) is 0 Å². The van der Waals surface area contributed by atoms with Gasteiger partial charge in [0.25, 0.3) is 0 Å². The van der Waals surface area contributed by atoms with Gasteiger partial charge in [-0.25, -0.2) is 0 Å². The molecule has 2 atom stereocenters. The second-order valence-electron chi connectivity index (χ2n) is 6.61. The van der Waals surface area contributed by atoms with Gasteiger partial charge in [0.15, 0.2) is 0 Å². The Bertz CT molecular complexity index is 613. The largest absolute Gasteiger partial charge is 0.497 e. The van der Waals surface area contributed by atoms with E-state index in [9.17, 15) is 9.59 Å². The molecule has 2 N–H and O–H groups in total. The number of amides is 2. The molecule has 6 nitrogen and oxygen atoms in total. The molecule has 1 aromatic carbocycles. The summed E-state index contributed by atoms with van der Waals surface area (Å²) in [5.41, 5.74) is 7.29. The van der Waals surface area contributed by atoms with Crippen molar-refractivity contribution in [2.75, 3.05) is 33.3 Å². The summed E-state index contributed by atoms with van der Waals surface area (Å²) in [6.45, 7) is 2.26. The van der Waals surface area contributed by atoms with Crippen LogP contribution in [0.15, 0.2) is 24.3 Å². The monoisotopic (exact) mass is 331 g/mol. The molecule has 2 aliphatic heterocycles. The van der Waals surface area contributed by atoms with E-state index in [1.54, 1.807) is 16.9 Å². The number of nitrogens with two attached hydrogens (primary N) is 1. The molecule has 2 fully saturated rings. The predicted molar refractivity (Wildman–Crippen MR) is 90.7 cm³/mol. The number of ether oxygens (including phenoxy) is 1. The van der Waals surface area contributed by atoms with Crippen LogP contribution in [0.1, 0.15) is 30.7 Å². The van der Waals surface area contributed by atoms with Crippen LogP contribution in [0.2, 0.25) is 0 Å². The fourth-order valence-corrected chi connectivity index (χ4v) is 3.59. The van der Waals surface area contributed by atoms with E-state index in [4.69, 9.17) is 10.5 Å². The number of benzene rings is 1. The minimum atomic E-state index is -0.419. The summed E-state index contributed by atoms with van der Waals surface area (Å²) in [5, 5.41) is 0. The van der Waals surface area contributed by atoms with Crippen molar-refractivity contribution in [2.24, 2.45) is 5.73 Å². The number of nitrogens with zero attached hydrogens (tertiary/aromatic N) is 2. The first-order valence-electron chi connectivity index (χ1n) is 8.58. The summed E-state index contributed by atoms with van der Waals surface area (Å²) < 4.78 is 5.26. The van der Waals surface area contributed by atoms with Crippen molar-refractivity contribution in [2.45, 2.75) is 31.2 Å². The highest BCUT2D eigenvalue weighted by atomic mass is 16.5. The fourth-order valence-electron chi connectivity index (χ4n) is 3.59. The van der Waals surface area contributed by atoms with Crippen molar-refractivity contribution < 1.29 is 14.3 Å². The van der Waals surface area contributed by atoms with Crippen LogP contribution >= 0.6 is 0 Å². The van der Waals surface area contributed by atoms with Crippen molar-refractivity contribution >= 4 is 11.8 Å². The fraction of sp³-hybridized carbons (Fsp3) is 0.556. The molecule has 3 rings (SSSR count). The molecule has 1 aromatic rings. The lowest BCUT2D eigenvalue weighted by Crippen LogP contribution is -2.46. The Morgan fingerprint density at radius 2 is 1.79 bits per heavy atom. The molecule has 2 amide bonds. The molecule has 0 bridgehead atoms. The summed E-state index contributed by atoms with van der Waals surface area (Å²) in [5.74, 6) is -0.00184. The molecule has 2 saturated heterocycles. The highest BCUT2D eigenvalue weighted by Gasteiger charge is 2.37. The number of carbonyl (C=O) groups excluding carboxylic acids is 2. The van der Waals surface area contributed by atoms with Crippen molar-refractivity contribution in [3.63, 3.8) is 0 Å². The van der Waals surface area contributed by atoms with Crippen LogP contribution in [0, 0.1) is 0 Å². The maximum absolute atomic E-state index is 12.5. The maximum atomic E-state index is 12.5. The first kappa shape index (κ1) is 16.8. The zero-order valence-electron chi connectivity index (χ0n) is 14.1. The number of methoxy groups -OCH3 is 1. The quantitative estimate of drug-likeness (QED) is 0.819. The molecule has 130 valence electrons. The van der Waals surface area contributed by atoms with Gasteiger partial charge in [0.2, 0.25) is 0 Å². The predicted octanol–water partition coefficient (Wildman–Crippen LogP) is 0.961. The average molecular weight is 331 g/mol. The Labute approximate surface area is 142 Å². The van der Waals surface area contributed by atoms with Gasteiger partial charge in [-0.05, 0) is 37.0 Å². The van der Waals surface area contributed by atoms with Gasteiger partial charge in [-0.15, -0.1) is 0 Å². The number of piperidine rings is 1. The molecule has 0 spiro atoms. The molecule has 2 heterocycles. The van der Waals surface area contributed by atoms with Crippen LogP contribution in [-0.4, -0.2) is 60.9 Å². The molecule has 6 heteroatoms. The van der Waals surface area contributed by atoms with Gasteiger partial charge in [-0.3, -0.25) is 9.59 Å². The van der Waals surface area contributed by atoms with Crippen molar-refractivity contribution in [3.8, 4) is 5.75 Å². The van der Waals surface area contributed by atoms with Crippen LogP contribution in [0.4, 0.5) is 0 Å². The number of hydrogen-bond acceptors (Lipinski definition) is 4. The summed E-state index contributed by atoms with van der Waals surface area (Å²) in [6, 6.07) is 7.57. The summed E-state index contributed by atoms with van der Waals surface area (Å²) in [6.07, 6.45) is 3.08. The summed E-state index contributed by atoms with van der Waals surface area (Å²) in [4.78, 5) is 28.2. The highest BCUT2D eigenvalue weighted by Crippen LogP contribution is 2.29. The van der Waals surface area contributed by atoms with E-state index in [0.29, 0.717) is 26.2 Å². The van der Waals surface area contributed by atoms with Crippen LogP contribution in [0.5, 0.6) is 5.75 Å². The molecule has 0 radical (unpaired) electrons. The second-order valence-corrected chi connectivity index (χ2v) is 6.61. The van der Waals surface area contributed by atoms with Gasteiger partial charge in [0.1, 0.15) is 5.75 Å². The number of carbonyl (C=O) groups is 2. The van der Waals surface area contributed by atoms with Gasteiger partial charge in [-0.2, -0.15) is 0 Å². The molecule has 0 aromatic heterocycles. The van der Waals surface area contributed by atoms with Gasteiger partial charge in [-0.1, -0.05) is 12.1 Å². The number of rotatable bonds is 2. The topological polar surface area (TPSA) is 75.9 Å². The van der Waals surface area contributed by atoms with E-state index in [-0.39, 0.29) is 17.9 Å².